The monoisotopic (exact) mass is 269 g/mol. The SMILES string of the molecule is Br.NC(=O)c1ccc(C(F)(F)F)cc1. The average Bonchev–Trinajstić information content (AvgIpc) is 2.03. The van der Waals surface area contributed by atoms with Crippen LogP contribution in [0.25, 0.3) is 0 Å². The number of hydrogen-bond acceptors (Lipinski definition) is 1. The van der Waals surface area contributed by atoms with E-state index in [1.54, 1.807) is 0 Å². The van der Waals surface area contributed by atoms with Crippen molar-refractivity contribution in [3.05, 3.63) is 35.4 Å². The van der Waals surface area contributed by atoms with Gasteiger partial charge in [0.25, 0.3) is 0 Å². The van der Waals surface area contributed by atoms with Crippen LogP contribution in [0.15, 0.2) is 24.3 Å². The molecule has 0 radical (unpaired) electrons. The summed E-state index contributed by atoms with van der Waals surface area (Å²) in [5.41, 5.74) is 4.12. The van der Waals surface area contributed by atoms with E-state index in [1.165, 1.54) is 0 Å². The van der Waals surface area contributed by atoms with Crippen molar-refractivity contribution < 1.29 is 18.0 Å². The van der Waals surface area contributed by atoms with Crippen LogP contribution >= 0.6 is 17.0 Å². The second-order valence-corrected chi connectivity index (χ2v) is 2.44. The van der Waals surface area contributed by atoms with Crippen molar-refractivity contribution in [1.29, 1.82) is 0 Å². The molecule has 0 aromatic heterocycles. The fraction of sp³-hybridized carbons (Fsp3) is 0.125. The Morgan fingerprint density at radius 2 is 1.57 bits per heavy atom. The highest BCUT2D eigenvalue weighted by Crippen LogP contribution is 2.28. The Balaban J connectivity index is 0.00000169. The highest BCUT2D eigenvalue weighted by molar-refractivity contribution is 8.93. The molecule has 0 bridgehead atoms. The fourth-order valence-corrected chi connectivity index (χ4v) is 0.823. The second-order valence-electron chi connectivity index (χ2n) is 2.44. The van der Waals surface area contributed by atoms with E-state index in [2.05, 4.69) is 0 Å². The smallest absolute Gasteiger partial charge is 0.366 e. The molecule has 14 heavy (non-hydrogen) atoms. The summed E-state index contributed by atoms with van der Waals surface area (Å²) in [4.78, 5) is 10.5. The first-order chi connectivity index (χ1) is 5.91. The summed E-state index contributed by atoms with van der Waals surface area (Å²) in [6.07, 6.45) is -4.38. The van der Waals surface area contributed by atoms with Crippen LogP contribution in [0.1, 0.15) is 15.9 Å². The summed E-state index contributed by atoms with van der Waals surface area (Å²) in [5, 5.41) is 0. The summed E-state index contributed by atoms with van der Waals surface area (Å²) < 4.78 is 36.0. The minimum Gasteiger partial charge on any atom is -0.366 e. The first kappa shape index (κ1) is 13.0. The first-order valence-electron chi connectivity index (χ1n) is 3.38. The zero-order valence-electron chi connectivity index (χ0n) is 6.84. The first-order valence-corrected chi connectivity index (χ1v) is 3.38. The minimum absolute atomic E-state index is 0. The van der Waals surface area contributed by atoms with Crippen LogP contribution < -0.4 is 5.73 Å². The van der Waals surface area contributed by atoms with Crippen molar-refractivity contribution in [2.45, 2.75) is 6.18 Å². The van der Waals surface area contributed by atoms with Gasteiger partial charge in [-0.25, -0.2) is 0 Å². The lowest BCUT2D eigenvalue weighted by atomic mass is 10.1. The molecule has 0 saturated carbocycles. The van der Waals surface area contributed by atoms with E-state index < -0.39 is 17.6 Å². The molecule has 2 N–H and O–H groups in total. The van der Waals surface area contributed by atoms with Crippen LogP contribution in [0, 0.1) is 0 Å². The van der Waals surface area contributed by atoms with Gasteiger partial charge in [-0.2, -0.15) is 13.2 Å². The number of rotatable bonds is 1. The maximum atomic E-state index is 12.0. The Hall–Kier alpha value is -1.04. The number of benzene rings is 1. The van der Waals surface area contributed by atoms with E-state index in [4.69, 9.17) is 5.73 Å². The highest BCUT2D eigenvalue weighted by atomic mass is 79.9. The van der Waals surface area contributed by atoms with Gasteiger partial charge in [0.1, 0.15) is 0 Å². The Morgan fingerprint density at radius 1 is 1.14 bits per heavy atom. The quantitative estimate of drug-likeness (QED) is 0.836. The molecule has 78 valence electrons. The Kier molecular flexibility index (Phi) is 4.12. The third-order valence-corrected chi connectivity index (χ3v) is 1.50. The van der Waals surface area contributed by atoms with Crippen LogP contribution in [0.2, 0.25) is 0 Å². The van der Waals surface area contributed by atoms with Gasteiger partial charge < -0.3 is 5.73 Å². The maximum absolute atomic E-state index is 12.0. The van der Waals surface area contributed by atoms with Crippen molar-refractivity contribution in [2.75, 3.05) is 0 Å². The number of nitrogens with two attached hydrogens (primary N) is 1. The van der Waals surface area contributed by atoms with E-state index in [1.807, 2.05) is 0 Å². The number of halogens is 4. The molecule has 0 unspecified atom stereocenters. The van der Waals surface area contributed by atoms with Crippen LogP contribution in [-0.2, 0) is 6.18 Å². The average molecular weight is 270 g/mol. The van der Waals surface area contributed by atoms with E-state index in [9.17, 15) is 18.0 Å². The van der Waals surface area contributed by atoms with Gasteiger partial charge in [0.15, 0.2) is 0 Å². The zero-order valence-corrected chi connectivity index (χ0v) is 8.55. The molecule has 6 heteroatoms. The third kappa shape index (κ3) is 3.02. The molecule has 0 heterocycles. The van der Waals surface area contributed by atoms with Crippen molar-refractivity contribution in [1.82, 2.24) is 0 Å². The second kappa shape index (κ2) is 4.45. The Bertz CT molecular complexity index is 320. The van der Waals surface area contributed by atoms with Crippen molar-refractivity contribution in [2.24, 2.45) is 5.73 Å². The molecular weight excluding hydrogens is 263 g/mol. The van der Waals surface area contributed by atoms with Gasteiger partial charge in [0.2, 0.25) is 5.91 Å². The standard InChI is InChI=1S/C8H6F3NO.BrH/c9-8(10,11)6-3-1-5(2-4-6)7(12)13;/h1-4H,(H2,12,13);1H. The highest BCUT2D eigenvalue weighted by Gasteiger charge is 2.30. The molecule has 0 spiro atoms. The Morgan fingerprint density at radius 3 is 1.86 bits per heavy atom. The summed E-state index contributed by atoms with van der Waals surface area (Å²) in [7, 11) is 0. The summed E-state index contributed by atoms with van der Waals surface area (Å²) in [6, 6.07) is 3.73. The van der Waals surface area contributed by atoms with Gasteiger partial charge in [-0.1, -0.05) is 0 Å². The van der Waals surface area contributed by atoms with Gasteiger partial charge >= 0.3 is 6.18 Å². The molecule has 1 aromatic carbocycles. The molecule has 0 aliphatic carbocycles. The number of amides is 1. The lowest BCUT2D eigenvalue weighted by Crippen LogP contribution is -2.11. The van der Waals surface area contributed by atoms with Crippen LogP contribution in [0.4, 0.5) is 13.2 Å². The van der Waals surface area contributed by atoms with Gasteiger partial charge in [0.05, 0.1) is 5.56 Å². The van der Waals surface area contributed by atoms with E-state index >= 15 is 0 Å². The van der Waals surface area contributed by atoms with E-state index in [0.29, 0.717) is 0 Å². The lowest BCUT2D eigenvalue weighted by molar-refractivity contribution is -0.137. The molecule has 2 nitrogen and oxygen atoms in total. The maximum Gasteiger partial charge on any atom is 0.416 e. The molecule has 0 fully saturated rings. The van der Waals surface area contributed by atoms with Crippen LogP contribution in [0.3, 0.4) is 0 Å². The van der Waals surface area contributed by atoms with Crippen molar-refractivity contribution >= 4 is 22.9 Å². The number of carbonyl (C=O) groups is 1. The predicted octanol–water partition coefficient (Wildman–Crippen LogP) is 2.38. The van der Waals surface area contributed by atoms with Gasteiger partial charge in [-0.3, -0.25) is 4.79 Å². The third-order valence-electron chi connectivity index (χ3n) is 1.50. The Labute approximate surface area is 88.7 Å². The van der Waals surface area contributed by atoms with Crippen LogP contribution in [0.5, 0.6) is 0 Å². The van der Waals surface area contributed by atoms with Gasteiger partial charge in [-0.15, -0.1) is 17.0 Å². The van der Waals surface area contributed by atoms with Gasteiger partial charge in [-0.05, 0) is 24.3 Å². The molecule has 0 saturated heterocycles. The van der Waals surface area contributed by atoms with E-state index in [0.717, 1.165) is 24.3 Å². The number of alkyl halides is 3. The number of hydrogen-bond donors (Lipinski definition) is 1. The molecule has 0 aliphatic rings. The summed E-state index contributed by atoms with van der Waals surface area (Å²) in [5.74, 6) is -0.742. The molecular formula is C8H7BrF3NO. The zero-order chi connectivity index (χ0) is 10.1. The number of primary amides is 1. The topological polar surface area (TPSA) is 43.1 Å². The number of carbonyl (C=O) groups excluding carboxylic acids is 1. The summed E-state index contributed by atoms with van der Waals surface area (Å²) >= 11 is 0. The van der Waals surface area contributed by atoms with E-state index in [-0.39, 0.29) is 22.5 Å². The molecule has 1 aromatic rings. The molecule has 0 aliphatic heterocycles. The van der Waals surface area contributed by atoms with Crippen molar-refractivity contribution in [3.63, 3.8) is 0 Å². The summed E-state index contributed by atoms with van der Waals surface area (Å²) in [6.45, 7) is 0. The lowest BCUT2D eigenvalue weighted by Gasteiger charge is -2.05. The predicted molar refractivity (Wildman–Crippen MR) is 50.3 cm³/mol. The minimum atomic E-state index is -4.38. The van der Waals surface area contributed by atoms with Gasteiger partial charge in [0, 0.05) is 5.56 Å². The normalized spacial score (nSPS) is 10.5. The molecule has 1 amide bonds. The van der Waals surface area contributed by atoms with Crippen molar-refractivity contribution in [3.8, 4) is 0 Å². The fourth-order valence-electron chi connectivity index (χ4n) is 0.823. The molecule has 0 atom stereocenters. The molecule has 1 rings (SSSR count). The largest absolute Gasteiger partial charge is 0.416 e. The van der Waals surface area contributed by atoms with Crippen LogP contribution in [-0.4, -0.2) is 5.91 Å².